The third-order valence-electron chi connectivity index (χ3n) is 5.07. The maximum atomic E-state index is 13.0. The topological polar surface area (TPSA) is 105 Å². The summed E-state index contributed by atoms with van der Waals surface area (Å²) in [6, 6.07) is 12.5. The highest BCUT2D eigenvalue weighted by molar-refractivity contribution is 7.19. The first kappa shape index (κ1) is 21.0. The minimum Gasteiger partial charge on any atom is -0.497 e. The van der Waals surface area contributed by atoms with Crippen LogP contribution < -0.4 is 25.1 Å². The van der Waals surface area contributed by atoms with Crippen molar-refractivity contribution in [3.05, 3.63) is 57.8 Å². The highest BCUT2D eigenvalue weighted by atomic mass is 32.1. The molecule has 9 nitrogen and oxygen atoms in total. The summed E-state index contributed by atoms with van der Waals surface area (Å²) in [4.78, 5) is 30.2. The molecule has 33 heavy (non-hydrogen) atoms. The Morgan fingerprint density at radius 3 is 2.82 bits per heavy atom. The van der Waals surface area contributed by atoms with E-state index in [1.165, 1.54) is 11.3 Å². The van der Waals surface area contributed by atoms with E-state index in [4.69, 9.17) is 14.2 Å². The average Bonchev–Trinajstić information content (AvgIpc) is 3.22. The van der Waals surface area contributed by atoms with E-state index in [-0.39, 0.29) is 12.1 Å². The molecular formula is C23H20N4O5S. The molecule has 0 spiro atoms. The second-order valence-corrected chi connectivity index (χ2v) is 8.56. The van der Waals surface area contributed by atoms with Crippen molar-refractivity contribution in [2.45, 2.75) is 13.5 Å². The molecule has 1 amide bonds. The monoisotopic (exact) mass is 464 g/mol. The van der Waals surface area contributed by atoms with Gasteiger partial charge in [0.15, 0.2) is 17.0 Å². The third kappa shape index (κ3) is 4.12. The molecule has 2 aromatic heterocycles. The predicted molar refractivity (Wildman–Crippen MR) is 124 cm³/mol. The quantitative estimate of drug-likeness (QED) is 0.483. The summed E-state index contributed by atoms with van der Waals surface area (Å²) in [6.07, 6.45) is 0. The van der Waals surface area contributed by atoms with Crippen LogP contribution in [-0.4, -0.2) is 41.0 Å². The molecule has 3 heterocycles. The Morgan fingerprint density at radius 2 is 2.00 bits per heavy atom. The molecule has 5 rings (SSSR count). The number of aromatic nitrogens is 3. The Hall–Kier alpha value is -3.92. The molecule has 0 radical (unpaired) electrons. The van der Waals surface area contributed by atoms with Gasteiger partial charge >= 0.3 is 0 Å². The Kier molecular flexibility index (Phi) is 5.43. The maximum Gasteiger partial charge on any atom is 0.294 e. The summed E-state index contributed by atoms with van der Waals surface area (Å²) in [5.41, 5.74) is 1.75. The van der Waals surface area contributed by atoms with Crippen molar-refractivity contribution in [2.24, 2.45) is 0 Å². The molecule has 10 heteroatoms. The van der Waals surface area contributed by atoms with Gasteiger partial charge in [-0.25, -0.2) is 9.67 Å². The van der Waals surface area contributed by atoms with Crippen molar-refractivity contribution >= 4 is 33.1 Å². The lowest BCUT2D eigenvalue weighted by Crippen LogP contribution is -2.30. The van der Waals surface area contributed by atoms with Crippen LogP contribution in [0.4, 0.5) is 5.69 Å². The number of carbonyl (C=O) groups excluding carboxylic acids is 1. The SMILES string of the molecule is COc1cccc(-c2nn(CC(=O)Nc3ccc4c(c3)OCCO4)c(=O)c3nc(C)sc23)c1. The zero-order valence-electron chi connectivity index (χ0n) is 18.0. The lowest BCUT2D eigenvalue weighted by molar-refractivity contribution is -0.117. The van der Waals surface area contributed by atoms with Crippen molar-refractivity contribution < 1.29 is 19.0 Å². The van der Waals surface area contributed by atoms with Gasteiger partial charge in [0.2, 0.25) is 5.91 Å². The van der Waals surface area contributed by atoms with Crippen molar-refractivity contribution in [2.75, 3.05) is 25.6 Å². The van der Waals surface area contributed by atoms with E-state index in [1.807, 2.05) is 31.2 Å². The molecule has 0 atom stereocenters. The van der Waals surface area contributed by atoms with E-state index in [0.717, 1.165) is 15.3 Å². The van der Waals surface area contributed by atoms with Crippen LogP contribution in [0, 0.1) is 6.92 Å². The Bertz CT molecular complexity index is 1430. The van der Waals surface area contributed by atoms with E-state index >= 15 is 0 Å². The normalized spacial score (nSPS) is 12.5. The second kappa shape index (κ2) is 8.55. The number of aryl methyl sites for hydroxylation is 1. The van der Waals surface area contributed by atoms with Crippen molar-refractivity contribution in [1.82, 2.24) is 14.8 Å². The Balaban J connectivity index is 1.48. The summed E-state index contributed by atoms with van der Waals surface area (Å²) in [5, 5.41) is 8.05. The molecule has 0 unspecified atom stereocenters. The predicted octanol–water partition coefficient (Wildman–Crippen LogP) is 3.25. The number of carbonyl (C=O) groups is 1. The molecular weight excluding hydrogens is 444 g/mol. The van der Waals surface area contributed by atoms with Gasteiger partial charge in [0.1, 0.15) is 31.2 Å². The molecule has 0 saturated heterocycles. The number of rotatable bonds is 5. The number of fused-ring (bicyclic) bond motifs is 2. The van der Waals surface area contributed by atoms with Gasteiger partial charge in [-0.3, -0.25) is 9.59 Å². The van der Waals surface area contributed by atoms with E-state index in [9.17, 15) is 9.59 Å². The van der Waals surface area contributed by atoms with Crippen LogP contribution >= 0.6 is 11.3 Å². The first-order valence-electron chi connectivity index (χ1n) is 10.2. The standard InChI is InChI=1S/C23H20N4O5S/c1-13-24-21-22(33-13)20(14-4-3-5-16(10-14)30-2)26-27(23(21)29)12-19(28)25-15-6-7-17-18(11-15)32-9-8-31-17/h3-7,10-11H,8-9,12H2,1-2H3,(H,25,28). The fourth-order valence-corrected chi connectivity index (χ4v) is 4.51. The molecule has 1 N–H and O–H groups in total. The van der Waals surface area contributed by atoms with Gasteiger partial charge in [0.25, 0.3) is 5.56 Å². The molecule has 0 bridgehead atoms. The maximum absolute atomic E-state index is 13.0. The van der Waals surface area contributed by atoms with Crippen LogP contribution in [0.2, 0.25) is 0 Å². The number of amides is 1. The molecule has 1 aliphatic rings. The first-order valence-corrected chi connectivity index (χ1v) is 11.1. The van der Waals surface area contributed by atoms with Crippen LogP contribution in [0.3, 0.4) is 0 Å². The number of thiazole rings is 1. The number of anilines is 1. The fraction of sp³-hybridized carbons (Fsp3) is 0.217. The molecule has 1 aliphatic heterocycles. The largest absolute Gasteiger partial charge is 0.497 e. The summed E-state index contributed by atoms with van der Waals surface area (Å²) < 4.78 is 18.2. The van der Waals surface area contributed by atoms with Crippen molar-refractivity contribution in [3.8, 4) is 28.5 Å². The van der Waals surface area contributed by atoms with E-state index in [0.29, 0.717) is 46.5 Å². The lowest BCUT2D eigenvalue weighted by Gasteiger charge is -2.19. The van der Waals surface area contributed by atoms with Crippen LogP contribution in [0.15, 0.2) is 47.3 Å². The van der Waals surface area contributed by atoms with Crippen LogP contribution in [0.5, 0.6) is 17.2 Å². The molecule has 0 fully saturated rings. The number of hydrogen-bond acceptors (Lipinski definition) is 8. The van der Waals surface area contributed by atoms with Crippen LogP contribution in [0.1, 0.15) is 5.01 Å². The number of ether oxygens (including phenoxy) is 3. The fourth-order valence-electron chi connectivity index (χ4n) is 3.59. The highest BCUT2D eigenvalue weighted by Crippen LogP contribution is 2.33. The minimum atomic E-state index is -0.418. The average molecular weight is 465 g/mol. The zero-order valence-corrected chi connectivity index (χ0v) is 18.8. The first-order chi connectivity index (χ1) is 16.0. The summed E-state index contributed by atoms with van der Waals surface area (Å²) >= 11 is 1.39. The highest BCUT2D eigenvalue weighted by Gasteiger charge is 2.19. The lowest BCUT2D eigenvalue weighted by atomic mass is 10.1. The van der Waals surface area contributed by atoms with Crippen LogP contribution in [-0.2, 0) is 11.3 Å². The molecule has 168 valence electrons. The summed E-state index contributed by atoms with van der Waals surface area (Å²) in [7, 11) is 1.59. The molecule has 0 saturated carbocycles. The molecule has 2 aromatic carbocycles. The van der Waals surface area contributed by atoms with Gasteiger partial charge in [0, 0.05) is 17.3 Å². The van der Waals surface area contributed by atoms with E-state index < -0.39 is 11.5 Å². The van der Waals surface area contributed by atoms with Crippen LogP contribution in [0.25, 0.3) is 21.5 Å². The van der Waals surface area contributed by atoms with Gasteiger partial charge in [-0.15, -0.1) is 11.3 Å². The number of nitrogens with zero attached hydrogens (tertiary/aromatic N) is 3. The van der Waals surface area contributed by atoms with E-state index in [2.05, 4.69) is 15.4 Å². The van der Waals surface area contributed by atoms with E-state index in [1.54, 1.807) is 25.3 Å². The van der Waals surface area contributed by atoms with Crippen molar-refractivity contribution in [1.29, 1.82) is 0 Å². The molecule has 0 aliphatic carbocycles. The number of hydrogen-bond donors (Lipinski definition) is 1. The summed E-state index contributed by atoms with van der Waals surface area (Å²) in [6.45, 7) is 2.50. The smallest absolute Gasteiger partial charge is 0.294 e. The van der Waals surface area contributed by atoms with Gasteiger partial charge in [-0.05, 0) is 31.2 Å². The van der Waals surface area contributed by atoms with Crippen molar-refractivity contribution in [3.63, 3.8) is 0 Å². The number of methoxy groups -OCH3 is 1. The van der Waals surface area contributed by atoms with Gasteiger partial charge in [-0.2, -0.15) is 5.10 Å². The molecule has 4 aromatic rings. The van der Waals surface area contributed by atoms with Gasteiger partial charge in [-0.1, -0.05) is 12.1 Å². The Morgan fingerprint density at radius 1 is 1.18 bits per heavy atom. The minimum absolute atomic E-state index is 0.267. The Labute approximate surface area is 192 Å². The number of nitrogens with one attached hydrogen (secondary N) is 1. The zero-order chi connectivity index (χ0) is 22.9. The third-order valence-corrected chi connectivity index (χ3v) is 6.05. The summed E-state index contributed by atoms with van der Waals surface area (Å²) in [5.74, 6) is 1.46. The van der Waals surface area contributed by atoms with Gasteiger partial charge < -0.3 is 19.5 Å². The number of benzene rings is 2. The second-order valence-electron chi connectivity index (χ2n) is 7.36. The van der Waals surface area contributed by atoms with Gasteiger partial charge in [0.05, 0.1) is 16.8 Å².